The van der Waals surface area contributed by atoms with E-state index >= 15 is 0 Å². The molecule has 0 aromatic rings. The molecule has 1 nitrogen and oxygen atoms in total. The molecular formula is C13H29N. The van der Waals surface area contributed by atoms with Crippen LogP contribution in [0.2, 0.25) is 0 Å². The molecule has 86 valence electrons. The summed E-state index contributed by atoms with van der Waals surface area (Å²) in [6, 6.07) is 0.700. The van der Waals surface area contributed by atoms with Crippen LogP contribution < -0.4 is 5.32 Å². The summed E-state index contributed by atoms with van der Waals surface area (Å²) < 4.78 is 0. The molecule has 0 aliphatic rings. The first-order valence-electron chi connectivity index (χ1n) is 6.40. The van der Waals surface area contributed by atoms with E-state index in [1.165, 1.54) is 45.1 Å². The van der Waals surface area contributed by atoms with Gasteiger partial charge in [0.25, 0.3) is 0 Å². The summed E-state index contributed by atoms with van der Waals surface area (Å²) in [5.41, 5.74) is 0. The summed E-state index contributed by atoms with van der Waals surface area (Å²) in [5.74, 6) is 0.883. The zero-order valence-corrected chi connectivity index (χ0v) is 10.6. The first kappa shape index (κ1) is 14.0. The maximum absolute atomic E-state index is 3.53. The third kappa shape index (κ3) is 10.0. The Morgan fingerprint density at radius 1 is 0.929 bits per heavy atom. The van der Waals surface area contributed by atoms with Gasteiger partial charge in [-0.3, -0.25) is 0 Å². The summed E-state index contributed by atoms with van der Waals surface area (Å²) >= 11 is 0. The van der Waals surface area contributed by atoms with Gasteiger partial charge < -0.3 is 5.32 Å². The van der Waals surface area contributed by atoms with Gasteiger partial charge >= 0.3 is 0 Å². The third-order valence-electron chi connectivity index (χ3n) is 2.81. The van der Waals surface area contributed by atoms with Crippen molar-refractivity contribution in [2.24, 2.45) is 5.92 Å². The smallest absolute Gasteiger partial charge is 0.00360 e. The lowest BCUT2D eigenvalue weighted by Crippen LogP contribution is -2.25. The second kappa shape index (κ2) is 9.51. The first-order chi connectivity index (χ1) is 6.66. The number of hydrogen-bond donors (Lipinski definition) is 1. The molecule has 14 heavy (non-hydrogen) atoms. The van der Waals surface area contributed by atoms with Crippen molar-refractivity contribution in [1.29, 1.82) is 0 Å². The van der Waals surface area contributed by atoms with E-state index in [-0.39, 0.29) is 0 Å². The summed E-state index contributed by atoms with van der Waals surface area (Å²) in [4.78, 5) is 0. The minimum absolute atomic E-state index is 0.700. The Kier molecular flexibility index (Phi) is 9.49. The zero-order valence-electron chi connectivity index (χ0n) is 10.6. The molecular weight excluding hydrogens is 170 g/mol. The molecule has 0 saturated heterocycles. The van der Waals surface area contributed by atoms with Crippen molar-refractivity contribution < 1.29 is 0 Å². The van der Waals surface area contributed by atoms with Crippen molar-refractivity contribution in [2.45, 2.75) is 72.3 Å². The average Bonchev–Trinajstić information content (AvgIpc) is 2.15. The molecule has 0 aromatic heterocycles. The fourth-order valence-electron chi connectivity index (χ4n) is 1.52. The lowest BCUT2D eigenvalue weighted by atomic mass is 10.0. The van der Waals surface area contributed by atoms with Crippen LogP contribution >= 0.6 is 0 Å². The largest absolute Gasteiger partial charge is 0.314 e. The maximum Gasteiger partial charge on any atom is 0.00360 e. The van der Waals surface area contributed by atoms with Gasteiger partial charge in [0.1, 0.15) is 0 Å². The van der Waals surface area contributed by atoms with Crippen LogP contribution in [-0.4, -0.2) is 12.6 Å². The van der Waals surface area contributed by atoms with E-state index in [1.54, 1.807) is 0 Å². The minimum atomic E-state index is 0.700. The van der Waals surface area contributed by atoms with Gasteiger partial charge in [-0.15, -0.1) is 0 Å². The summed E-state index contributed by atoms with van der Waals surface area (Å²) in [7, 11) is 0. The molecule has 0 aliphatic carbocycles. The molecule has 0 aliphatic heterocycles. The average molecular weight is 199 g/mol. The summed E-state index contributed by atoms with van der Waals surface area (Å²) in [5, 5.41) is 3.53. The minimum Gasteiger partial charge on any atom is -0.314 e. The molecule has 1 atom stereocenters. The van der Waals surface area contributed by atoms with Gasteiger partial charge in [0.15, 0.2) is 0 Å². The molecule has 0 radical (unpaired) electrons. The topological polar surface area (TPSA) is 12.0 Å². The van der Waals surface area contributed by atoms with E-state index < -0.39 is 0 Å². The zero-order chi connectivity index (χ0) is 10.8. The van der Waals surface area contributed by atoms with Crippen molar-refractivity contribution in [3.05, 3.63) is 0 Å². The molecule has 1 heteroatoms. The maximum atomic E-state index is 3.53. The number of unbranched alkanes of at least 4 members (excludes halogenated alkanes) is 3. The van der Waals surface area contributed by atoms with Crippen LogP contribution in [0.15, 0.2) is 0 Å². The lowest BCUT2D eigenvalue weighted by Gasteiger charge is -2.10. The third-order valence-corrected chi connectivity index (χ3v) is 2.81. The highest BCUT2D eigenvalue weighted by Gasteiger charge is 1.97. The number of rotatable bonds is 9. The van der Waals surface area contributed by atoms with E-state index in [1.807, 2.05) is 0 Å². The van der Waals surface area contributed by atoms with Crippen LogP contribution in [-0.2, 0) is 0 Å². The molecule has 0 rings (SSSR count). The fourth-order valence-corrected chi connectivity index (χ4v) is 1.52. The van der Waals surface area contributed by atoms with Gasteiger partial charge in [-0.25, -0.2) is 0 Å². The first-order valence-corrected chi connectivity index (χ1v) is 6.40. The van der Waals surface area contributed by atoms with Gasteiger partial charge in [0.2, 0.25) is 0 Å². The Morgan fingerprint density at radius 3 is 2.14 bits per heavy atom. The predicted molar refractivity (Wildman–Crippen MR) is 65.7 cm³/mol. The molecule has 0 saturated carbocycles. The quantitative estimate of drug-likeness (QED) is 0.554. The van der Waals surface area contributed by atoms with Gasteiger partial charge in [-0.05, 0) is 32.2 Å². The van der Waals surface area contributed by atoms with E-state index in [9.17, 15) is 0 Å². The van der Waals surface area contributed by atoms with Gasteiger partial charge in [0.05, 0.1) is 0 Å². The Morgan fingerprint density at radius 2 is 1.57 bits per heavy atom. The molecule has 0 spiro atoms. The molecule has 0 amide bonds. The van der Waals surface area contributed by atoms with Gasteiger partial charge in [-0.1, -0.05) is 46.5 Å². The second-order valence-electron chi connectivity index (χ2n) is 4.86. The van der Waals surface area contributed by atoms with Crippen molar-refractivity contribution in [1.82, 2.24) is 5.32 Å². The fraction of sp³-hybridized carbons (Fsp3) is 1.00. The van der Waals surface area contributed by atoms with Crippen molar-refractivity contribution in [3.8, 4) is 0 Å². The molecule has 0 bridgehead atoms. The molecule has 0 heterocycles. The van der Waals surface area contributed by atoms with E-state index in [0.29, 0.717) is 6.04 Å². The Hall–Kier alpha value is -0.0400. The predicted octanol–water partition coefficient (Wildman–Crippen LogP) is 3.98. The Labute approximate surface area is 90.7 Å². The SMILES string of the molecule is CCC(C)NCCCCCCC(C)C. The summed E-state index contributed by atoms with van der Waals surface area (Å²) in [6.07, 6.45) is 8.23. The molecule has 1 N–H and O–H groups in total. The van der Waals surface area contributed by atoms with E-state index in [4.69, 9.17) is 0 Å². The van der Waals surface area contributed by atoms with Gasteiger partial charge in [-0.2, -0.15) is 0 Å². The Bertz CT molecular complexity index is 110. The van der Waals surface area contributed by atoms with Crippen LogP contribution in [0.4, 0.5) is 0 Å². The molecule has 0 aromatic carbocycles. The van der Waals surface area contributed by atoms with E-state index in [2.05, 4.69) is 33.0 Å². The standard InChI is InChI=1S/C13H29N/c1-5-13(4)14-11-9-7-6-8-10-12(2)3/h12-14H,5-11H2,1-4H3. The molecule has 1 unspecified atom stereocenters. The molecule has 0 fully saturated rings. The van der Waals surface area contributed by atoms with Crippen LogP contribution in [0.5, 0.6) is 0 Å². The van der Waals surface area contributed by atoms with Crippen LogP contribution in [0.25, 0.3) is 0 Å². The second-order valence-corrected chi connectivity index (χ2v) is 4.86. The van der Waals surface area contributed by atoms with Crippen LogP contribution in [0, 0.1) is 5.92 Å². The highest BCUT2D eigenvalue weighted by Crippen LogP contribution is 2.08. The Balaban J connectivity index is 2.99. The van der Waals surface area contributed by atoms with Crippen molar-refractivity contribution in [3.63, 3.8) is 0 Å². The number of hydrogen-bond acceptors (Lipinski definition) is 1. The monoisotopic (exact) mass is 199 g/mol. The van der Waals surface area contributed by atoms with Crippen LogP contribution in [0.3, 0.4) is 0 Å². The van der Waals surface area contributed by atoms with Crippen molar-refractivity contribution >= 4 is 0 Å². The lowest BCUT2D eigenvalue weighted by molar-refractivity contribution is 0.488. The highest BCUT2D eigenvalue weighted by atomic mass is 14.9. The van der Waals surface area contributed by atoms with Gasteiger partial charge in [0, 0.05) is 6.04 Å². The summed E-state index contributed by atoms with van der Waals surface area (Å²) in [6.45, 7) is 10.3. The van der Waals surface area contributed by atoms with Crippen molar-refractivity contribution in [2.75, 3.05) is 6.54 Å². The number of nitrogens with one attached hydrogen (secondary N) is 1. The van der Waals surface area contributed by atoms with E-state index in [0.717, 1.165) is 5.92 Å². The highest BCUT2D eigenvalue weighted by molar-refractivity contribution is 4.57. The normalized spacial score (nSPS) is 13.5. The van der Waals surface area contributed by atoms with Crippen LogP contribution in [0.1, 0.15) is 66.2 Å².